The number of hydrogen-bond donors (Lipinski definition) is 1. The van der Waals surface area contributed by atoms with Gasteiger partial charge in [-0.05, 0) is 49.3 Å². The van der Waals surface area contributed by atoms with Crippen LogP contribution >= 0.6 is 0 Å². The van der Waals surface area contributed by atoms with Gasteiger partial charge in [-0.1, -0.05) is 25.0 Å². The molecule has 144 valence electrons. The second kappa shape index (κ2) is 8.05. The monoisotopic (exact) mass is 382 g/mol. The highest BCUT2D eigenvalue weighted by Gasteiger charge is 2.33. The van der Waals surface area contributed by atoms with Crippen LogP contribution in [0.15, 0.2) is 24.3 Å². The maximum Gasteiger partial charge on any atom is 0.224 e. The van der Waals surface area contributed by atoms with Crippen molar-refractivity contribution >= 4 is 15.9 Å². The summed E-state index contributed by atoms with van der Waals surface area (Å²) in [6.45, 7) is 0.720. The molecular weight excluding hydrogens is 355 g/mol. The third kappa shape index (κ3) is 4.62. The molecule has 5 nitrogen and oxygen atoms in total. The molecule has 1 amide bonds. The smallest absolute Gasteiger partial charge is 0.224 e. The van der Waals surface area contributed by atoms with Gasteiger partial charge >= 0.3 is 0 Å². The van der Waals surface area contributed by atoms with Crippen LogP contribution in [-0.4, -0.2) is 38.0 Å². The zero-order chi connectivity index (χ0) is 18.7. The molecular formula is C19H27FN2O3S. The van der Waals surface area contributed by atoms with E-state index in [-0.39, 0.29) is 30.2 Å². The third-order valence-electron chi connectivity index (χ3n) is 5.62. The molecule has 1 aliphatic carbocycles. The second-order valence-electron chi connectivity index (χ2n) is 7.54. The number of carbonyl (C=O) groups is 1. The molecule has 0 aromatic heterocycles. The molecule has 1 aliphatic heterocycles. The van der Waals surface area contributed by atoms with Crippen LogP contribution in [0, 0.1) is 17.7 Å². The molecule has 1 heterocycles. The molecule has 0 bridgehead atoms. The Kier molecular flexibility index (Phi) is 5.97. The molecule has 0 spiro atoms. The summed E-state index contributed by atoms with van der Waals surface area (Å²) in [6, 6.07) is 6.19. The van der Waals surface area contributed by atoms with Crippen molar-refractivity contribution in [3.63, 3.8) is 0 Å². The summed E-state index contributed by atoms with van der Waals surface area (Å²) >= 11 is 0. The lowest BCUT2D eigenvalue weighted by Crippen LogP contribution is -2.46. The van der Waals surface area contributed by atoms with E-state index in [0.717, 1.165) is 31.2 Å². The van der Waals surface area contributed by atoms with E-state index in [1.54, 1.807) is 12.1 Å². The van der Waals surface area contributed by atoms with Crippen LogP contribution in [-0.2, 0) is 14.8 Å². The van der Waals surface area contributed by atoms with E-state index in [0.29, 0.717) is 25.3 Å². The van der Waals surface area contributed by atoms with Gasteiger partial charge in [-0.3, -0.25) is 4.79 Å². The Labute approximate surface area is 155 Å². The number of benzene rings is 1. The lowest BCUT2D eigenvalue weighted by Gasteiger charge is -2.32. The standard InChI is InChI=1S/C19H27FN2O3S/c1-26(24,25)22-12-4-7-16(13-22)19(23)21-18(14-5-2-3-6-14)15-8-10-17(20)11-9-15/h8-11,14,16,18H,2-7,12-13H2,1H3,(H,21,23). The molecule has 1 N–H and O–H groups in total. The Morgan fingerprint density at radius 1 is 1.15 bits per heavy atom. The average molecular weight is 383 g/mol. The summed E-state index contributed by atoms with van der Waals surface area (Å²) in [7, 11) is -3.28. The zero-order valence-corrected chi connectivity index (χ0v) is 16.0. The second-order valence-corrected chi connectivity index (χ2v) is 9.52. The summed E-state index contributed by atoms with van der Waals surface area (Å²) in [5, 5.41) is 3.15. The maximum atomic E-state index is 13.3. The SMILES string of the molecule is CS(=O)(=O)N1CCCC(C(=O)NC(c2ccc(F)cc2)C2CCCC2)C1. The summed E-state index contributed by atoms with van der Waals surface area (Å²) in [6.07, 6.45) is 6.94. The van der Waals surface area contributed by atoms with Crippen LogP contribution in [0.1, 0.15) is 50.1 Å². The van der Waals surface area contributed by atoms with Crippen molar-refractivity contribution in [1.82, 2.24) is 9.62 Å². The normalized spacial score (nSPS) is 23.7. The van der Waals surface area contributed by atoms with Crippen LogP contribution < -0.4 is 5.32 Å². The number of carbonyl (C=O) groups excluding carboxylic acids is 1. The Morgan fingerprint density at radius 3 is 2.42 bits per heavy atom. The predicted molar refractivity (Wildman–Crippen MR) is 98.4 cm³/mol. The Hall–Kier alpha value is -1.47. The first-order valence-electron chi connectivity index (χ1n) is 9.35. The van der Waals surface area contributed by atoms with Gasteiger partial charge in [-0.15, -0.1) is 0 Å². The van der Waals surface area contributed by atoms with Gasteiger partial charge in [0.1, 0.15) is 5.82 Å². The van der Waals surface area contributed by atoms with Crippen LogP contribution in [0.25, 0.3) is 0 Å². The van der Waals surface area contributed by atoms with E-state index in [1.807, 2.05) is 0 Å². The summed E-state index contributed by atoms with van der Waals surface area (Å²) in [5.41, 5.74) is 0.919. The van der Waals surface area contributed by atoms with Gasteiger partial charge in [0.25, 0.3) is 0 Å². The number of sulfonamides is 1. The Bertz CT molecular complexity index is 730. The molecule has 2 fully saturated rings. The number of rotatable bonds is 5. The summed E-state index contributed by atoms with van der Waals surface area (Å²) in [5.74, 6) is -0.372. The molecule has 0 radical (unpaired) electrons. The van der Waals surface area contributed by atoms with Gasteiger partial charge in [-0.25, -0.2) is 17.1 Å². The fourth-order valence-corrected chi connectivity index (χ4v) is 5.07. The van der Waals surface area contributed by atoms with Crippen molar-refractivity contribution in [2.75, 3.05) is 19.3 Å². The Balaban J connectivity index is 1.73. The number of amides is 1. The minimum atomic E-state index is -3.28. The number of nitrogens with zero attached hydrogens (tertiary/aromatic N) is 1. The number of nitrogens with one attached hydrogen (secondary N) is 1. The Morgan fingerprint density at radius 2 is 1.81 bits per heavy atom. The predicted octanol–water partition coefficient (Wildman–Crippen LogP) is 2.84. The van der Waals surface area contributed by atoms with Crippen LogP contribution in [0.2, 0.25) is 0 Å². The van der Waals surface area contributed by atoms with Crippen LogP contribution in [0.3, 0.4) is 0 Å². The molecule has 2 aliphatic rings. The average Bonchev–Trinajstić information content (AvgIpc) is 3.14. The van der Waals surface area contributed by atoms with Crippen LogP contribution in [0.5, 0.6) is 0 Å². The fourth-order valence-electron chi connectivity index (χ4n) is 4.16. The van der Waals surface area contributed by atoms with Crippen molar-refractivity contribution in [2.45, 2.75) is 44.6 Å². The summed E-state index contributed by atoms with van der Waals surface area (Å²) in [4.78, 5) is 12.9. The van der Waals surface area contributed by atoms with E-state index in [9.17, 15) is 17.6 Å². The molecule has 7 heteroatoms. The first-order valence-corrected chi connectivity index (χ1v) is 11.2. The van der Waals surface area contributed by atoms with Crippen LogP contribution in [0.4, 0.5) is 4.39 Å². The van der Waals surface area contributed by atoms with E-state index >= 15 is 0 Å². The van der Waals surface area contributed by atoms with Gasteiger partial charge < -0.3 is 5.32 Å². The van der Waals surface area contributed by atoms with Gasteiger partial charge in [0, 0.05) is 13.1 Å². The van der Waals surface area contributed by atoms with Crippen molar-refractivity contribution < 1.29 is 17.6 Å². The van der Waals surface area contributed by atoms with Gasteiger partial charge in [0.05, 0.1) is 18.2 Å². The summed E-state index contributed by atoms with van der Waals surface area (Å²) < 4.78 is 38.3. The zero-order valence-electron chi connectivity index (χ0n) is 15.2. The molecule has 2 unspecified atom stereocenters. The van der Waals surface area contributed by atoms with E-state index in [4.69, 9.17) is 0 Å². The van der Waals surface area contributed by atoms with E-state index < -0.39 is 10.0 Å². The minimum Gasteiger partial charge on any atom is -0.349 e. The van der Waals surface area contributed by atoms with E-state index in [1.165, 1.54) is 22.7 Å². The lowest BCUT2D eigenvalue weighted by atomic mass is 9.90. The maximum absolute atomic E-state index is 13.3. The molecule has 1 saturated carbocycles. The molecule has 3 rings (SSSR count). The van der Waals surface area contributed by atoms with E-state index in [2.05, 4.69) is 5.32 Å². The highest BCUT2D eigenvalue weighted by molar-refractivity contribution is 7.88. The first kappa shape index (κ1) is 19.3. The molecule has 26 heavy (non-hydrogen) atoms. The largest absolute Gasteiger partial charge is 0.349 e. The quantitative estimate of drug-likeness (QED) is 0.852. The highest BCUT2D eigenvalue weighted by atomic mass is 32.2. The van der Waals surface area contributed by atoms with Gasteiger partial charge in [0.2, 0.25) is 15.9 Å². The highest BCUT2D eigenvalue weighted by Crippen LogP contribution is 2.36. The molecule has 1 aromatic rings. The van der Waals surface area contributed by atoms with Crippen molar-refractivity contribution in [3.05, 3.63) is 35.6 Å². The number of hydrogen-bond acceptors (Lipinski definition) is 3. The van der Waals surface area contributed by atoms with Crippen molar-refractivity contribution in [3.8, 4) is 0 Å². The first-order chi connectivity index (χ1) is 12.3. The minimum absolute atomic E-state index is 0.0976. The molecule has 2 atom stereocenters. The van der Waals surface area contributed by atoms with Gasteiger partial charge in [0.15, 0.2) is 0 Å². The van der Waals surface area contributed by atoms with Crippen molar-refractivity contribution in [2.24, 2.45) is 11.8 Å². The number of halogens is 1. The molecule has 1 aromatic carbocycles. The van der Waals surface area contributed by atoms with Crippen molar-refractivity contribution in [1.29, 1.82) is 0 Å². The van der Waals surface area contributed by atoms with Gasteiger partial charge in [-0.2, -0.15) is 0 Å². The molecule has 1 saturated heterocycles. The number of piperidine rings is 1. The third-order valence-corrected chi connectivity index (χ3v) is 6.89. The lowest BCUT2D eigenvalue weighted by molar-refractivity contribution is -0.127. The fraction of sp³-hybridized carbons (Fsp3) is 0.632. The topological polar surface area (TPSA) is 66.5 Å².